The number of piperidine rings is 1. The average molecular weight is 296 g/mol. The summed E-state index contributed by atoms with van der Waals surface area (Å²) in [5.41, 5.74) is 0. The number of nitrogens with zero attached hydrogens (tertiary/aromatic N) is 1. The van der Waals surface area contributed by atoms with Gasteiger partial charge in [0.25, 0.3) is 0 Å². The summed E-state index contributed by atoms with van der Waals surface area (Å²) in [6.07, 6.45) is 14.6. The fraction of sp³-hybridized carbons (Fsp3) is 1.00. The lowest BCUT2D eigenvalue weighted by atomic mass is 9.84. The Morgan fingerprint density at radius 3 is 2.19 bits per heavy atom. The van der Waals surface area contributed by atoms with Crippen LogP contribution in [0.2, 0.25) is 0 Å². The molecule has 124 valence electrons. The number of hydrogen-bond donors (Lipinski definition) is 0. The van der Waals surface area contributed by atoms with Gasteiger partial charge in [-0.1, -0.05) is 26.2 Å². The number of rotatable bonds is 8. The van der Waals surface area contributed by atoms with E-state index in [1.54, 1.807) is 0 Å². The van der Waals surface area contributed by atoms with Gasteiger partial charge in [0.05, 0.1) is 6.10 Å². The van der Waals surface area contributed by atoms with Gasteiger partial charge >= 0.3 is 0 Å². The van der Waals surface area contributed by atoms with Crippen molar-refractivity contribution in [2.24, 2.45) is 11.8 Å². The van der Waals surface area contributed by atoms with Crippen molar-refractivity contribution in [1.29, 1.82) is 0 Å². The Hall–Kier alpha value is -0.0800. The molecule has 0 bridgehead atoms. The topological polar surface area (TPSA) is 12.5 Å². The molecule has 2 nitrogen and oxygen atoms in total. The molecule has 1 saturated carbocycles. The Labute approximate surface area is 132 Å². The SMILES string of the molecule is CCO[C@H]1CC[C@H](CCCCN2CCC(CC)CC2)CC1. The van der Waals surface area contributed by atoms with Crippen LogP contribution in [0.5, 0.6) is 0 Å². The molecule has 0 spiro atoms. The van der Waals surface area contributed by atoms with E-state index < -0.39 is 0 Å². The highest BCUT2D eigenvalue weighted by Gasteiger charge is 2.21. The normalized spacial score (nSPS) is 28.9. The summed E-state index contributed by atoms with van der Waals surface area (Å²) in [5.74, 6) is 2.01. The maximum absolute atomic E-state index is 5.75. The molecule has 21 heavy (non-hydrogen) atoms. The third-order valence-corrected chi connectivity index (χ3v) is 5.82. The first-order valence-electron chi connectivity index (χ1n) is 9.65. The number of hydrogen-bond acceptors (Lipinski definition) is 2. The Balaban J connectivity index is 1.47. The van der Waals surface area contributed by atoms with Crippen molar-refractivity contribution in [3.05, 3.63) is 0 Å². The van der Waals surface area contributed by atoms with Crippen LogP contribution < -0.4 is 0 Å². The Morgan fingerprint density at radius 2 is 1.57 bits per heavy atom. The van der Waals surface area contributed by atoms with Crippen molar-refractivity contribution in [1.82, 2.24) is 4.90 Å². The summed E-state index contributed by atoms with van der Waals surface area (Å²) >= 11 is 0. The number of likely N-dealkylation sites (tertiary alicyclic amines) is 1. The molecule has 2 aliphatic rings. The zero-order chi connectivity index (χ0) is 14.9. The zero-order valence-electron chi connectivity index (χ0n) is 14.5. The van der Waals surface area contributed by atoms with E-state index >= 15 is 0 Å². The third kappa shape index (κ3) is 6.28. The second-order valence-corrected chi connectivity index (χ2v) is 7.29. The van der Waals surface area contributed by atoms with Crippen LogP contribution >= 0.6 is 0 Å². The van der Waals surface area contributed by atoms with E-state index in [1.807, 2.05) is 0 Å². The van der Waals surface area contributed by atoms with Gasteiger partial charge < -0.3 is 9.64 Å². The molecule has 2 fully saturated rings. The summed E-state index contributed by atoms with van der Waals surface area (Å²) in [7, 11) is 0. The first-order valence-corrected chi connectivity index (χ1v) is 9.65. The highest BCUT2D eigenvalue weighted by molar-refractivity contribution is 4.74. The van der Waals surface area contributed by atoms with Crippen LogP contribution in [0.15, 0.2) is 0 Å². The van der Waals surface area contributed by atoms with E-state index in [9.17, 15) is 0 Å². The first kappa shape index (κ1) is 17.3. The van der Waals surface area contributed by atoms with Gasteiger partial charge in [0.15, 0.2) is 0 Å². The lowest BCUT2D eigenvalue weighted by Gasteiger charge is -2.32. The standard InChI is InChI=1S/C19H37NO/c1-3-17-12-15-20(16-13-17)14-6-5-7-18-8-10-19(11-9-18)21-4-2/h17-19H,3-16H2,1-2H3/t18-,19-. The first-order chi connectivity index (χ1) is 10.3. The maximum Gasteiger partial charge on any atom is 0.0575 e. The van der Waals surface area contributed by atoms with E-state index in [0.29, 0.717) is 6.10 Å². The molecule has 1 aliphatic carbocycles. The molecule has 0 aromatic heterocycles. The van der Waals surface area contributed by atoms with Gasteiger partial charge in [-0.3, -0.25) is 0 Å². The molecule has 0 radical (unpaired) electrons. The summed E-state index contributed by atoms with van der Waals surface area (Å²) in [6.45, 7) is 9.43. The lowest BCUT2D eigenvalue weighted by molar-refractivity contribution is 0.0244. The van der Waals surface area contributed by atoms with Crippen LogP contribution in [-0.4, -0.2) is 37.2 Å². The molecule has 0 N–H and O–H groups in total. The van der Waals surface area contributed by atoms with Crippen LogP contribution in [0.25, 0.3) is 0 Å². The van der Waals surface area contributed by atoms with E-state index in [4.69, 9.17) is 4.74 Å². The monoisotopic (exact) mass is 295 g/mol. The van der Waals surface area contributed by atoms with Crippen molar-refractivity contribution in [2.45, 2.75) is 84.2 Å². The minimum absolute atomic E-state index is 0.575. The number of unbranched alkanes of at least 4 members (excludes halogenated alkanes) is 1. The van der Waals surface area contributed by atoms with E-state index in [0.717, 1.165) is 18.4 Å². The molecular weight excluding hydrogens is 258 g/mol. The predicted octanol–water partition coefficient (Wildman–Crippen LogP) is 4.87. The number of ether oxygens (including phenoxy) is 1. The fourth-order valence-corrected chi connectivity index (χ4v) is 4.21. The van der Waals surface area contributed by atoms with E-state index in [-0.39, 0.29) is 0 Å². The molecule has 0 unspecified atom stereocenters. The quantitative estimate of drug-likeness (QED) is 0.592. The molecule has 2 heteroatoms. The second kappa shape index (κ2) is 9.84. The largest absolute Gasteiger partial charge is 0.379 e. The van der Waals surface area contributed by atoms with Crippen LogP contribution in [-0.2, 0) is 4.74 Å². The molecule has 1 heterocycles. The maximum atomic E-state index is 5.75. The van der Waals surface area contributed by atoms with E-state index in [2.05, 4.69) is 18.7 Å². The average Bonchev–Trinajstić information content (AvgIpc) is 2.54. The van der Waals surface area contributed by atoms with E-state index in [1.165, 1.54) is 83.8 Å². The highest BCUT2D eigenvalue weighted by Crippen LogP contribution is 2.30. The van der Waals surface area contributed by atoms with Crippen LogP contribution in [0.4, 0.5) is 0 Å². The van der Waals surface area contributed by atoms with Gasteiger partial charge in [-0.15, -0.1) is 0 Å². The molecule has 1 saturated heterocycles. The molecule has 0 amide bonds. The minimum atomic E-state index is 0.575. The smallest absolute Gasteiger partial charge is 0.0575 e. The Kier molecular flexibility index (Phi) is 8.10. The van der Waals surface area contributed by atoms with Gasteiger partial charge in [0, 0.05) is 6.61 Å². The van der Waals surface area contributed by atoms with Crippen LogP contribution in [0.3, 0.4) is 0 Å². The Morgan fingerprint density at radius 1 is 0.857 bits per heavy atom. The summed E-state index contributed by atoms with van der Waals surface area (Å²) in [5, 5.41) is 0. The van der Waals surface area contributed by atoms with Gasteiger partial charge in [-0.2, -0.15) is 0 Å². The highest BCUT2D eigenvalue weighted by atomic mass is 16.5. The van der Waals surface area contributed by atoms with Gasteiger partial charge in [-0.05, 0) is 83.3 Å². The van der Waals surface area contributed by atoms with Crippen molar-refractivity contribution in [3.63, 3.8) is 0 Å². The Bertz CT molecular complexity index is 252. The van der Waals surface area contributed by atoms with Crippen molar-refractivity contribution >= 4 is 0 Å². The van der Waals surface area contributed by atoms with Crippen LogP contribution in [0.1, 0.15) is 78.1 Å². The minimum Gasteiger partial charge on any atom is -0.379 e. The van der Waals surface area contributed by atoms with Crippen molar-refractivity contribution in [2.75, 3.05) is 26.2 Å². The summed E-state index contributed by atoms with van der Waals surface area (Å²) in [6, 6.07) is 0. The van der Waals surface area contributed by atoms with Crippen molar-refractivity contribution < 1.29 is 4.74 Å². The molecular formula is C19H37NO. The zero-order valence-corrected chi connectivity index (χ0v) is 14.5. The van der Waals surface area contributed by atoms with Gasteiger partial charge in [0.2, 0.25) is 0 Å². The summed E-state index contributed by atoms with van der Waals surface area (Å²) < 4.78 is 5.75. The molecule has 0 atom stereocenters. The second-order valence-electron chi connectivity index (χ2n) is 7.29. The molecule has 0 aromatic rings. The molecule has 0 aromatic carbocycles. The van der Waals surface area contributed by atoms with Crippen molar-refractivity contribution in [3.8, 4) is 0 Å². The van der Waals surface area contributed by atoms with Gasteiger partial charge in [0.1, 0.15) is 0 Å². The molecule has 2 rings (SSSR count). The lowest BCUT2D eigenvalue weighted by Crippen LogP contribution is -2.34. The summed E-state index contributed by atoms with van der Waals surface area (Å²) in [4.78, 5) is 2.71. The fourth-order valence-electron chi connectivity index (χ4n) is 4.21. The van der Waals surface area contributed by atoms with Gasteiger partial charge in [-0.25, -0.2) is 0 Å². The molecule has 1 aliphatic heterocycles. The third-order valence-electron chi connectivity index (χ3n) is 5.82. The van der Waals surface area contributed by atoms with Crippen LogP contribution in [0, 0.1) is 11.8 Å². The predicted molar refractivity (Wildman–Crippen MR) is 90.7 cm³/mol.